The maximum absolute atomic E-state index is 4.71. The molecule has 1 aromatic heterocycles. The zero-order chi connectivity index (χ0) is 12.7. The van der Waals surface area contributed by atoms with Crippen LogP contribution in [0.25, 0.3) is 0 Å². The van der Waals surface area contributed by atoms with Crippen LogP contribution >= 0.6 is 0 Å². The minimum absolute atomic E-state index is 0.769. The molecular weight excluding hydrogens is 234 g/mol. The van der Waals surface area contributed by atoms with Crippen molar-refractivity contribution in [2.45, 2.75) is 57.2 Å². The lowest BCUT2D eigenvalue weighted by atomic mass is 10.2. The summed E-state index contributed by atoms with van der Waals surface area (Å²) < 4.78 is 0. The van der Waals surface area contributed by atoms with Gasteiger partial charge in [-0.15, -0.1) is 0 Å². The predicted molar refractivity (Wildman–Crippen MR) is 77.2 cm³/mol. The van der Waals surface area contributed by atoms with Crippen molar-refractivity contribution >= 4 is 5.82 Å². The molecule has 19 heavy (non-hydrogen) atoms. The molecule has 3 aliphatic rings. The summed E-state index contributed by atoms with van der Waals surface area (Å²) in [5.41, 5.74) is 1.39. The molecule has 0 radical (unpaired) electrons. The second-order valence-corrected chi connectivity index (χ2v) is 6.47. The van der Waals surface area contributed by atoms with Crippen LogP contribution in [0.4, 0.5) is 5.82 Å². The molecule has 0 aromatic carbocycles. The van der Waals surface area contributed by atoms with Crippen LogP contribution in [-0.4, -0.2) is 23.6 Å². The van der Waals surface area contributed by atoms with E-state index < -0.39 is 0 Å². The van der Waals surface area contributed by atoms with E-state index in [1.165, 1.54) is 56.5 Å². The molecule has 3 aliphatic carbocycles. The highest BCUT2D eigenvalue weighted by atomic mass is 15.2. The van der Waals surface area contributed by atoms with Crippen molar-refractivity contribution in [2.75, 3.05) is 11.4 Å². The molecule has 3 heteroatoms. The standard InChI is InChI=1S/C16H23N3/c1-2-13(10-18-14-5-6-14)16(17-9-1)19(15-7-8-15)11-12-3-4-12/h1-2,9,12,14-15,18H,3-8,10-11H2. The van der Waals surface area contributed by atoms with Crippen LogP contribution < -0.4 is 10.2 Å². The molecule has 0 spiro atoms. The van der Waals surface area contributed by atoms with Crippen LogP contribution in [0.15, 0.2) is 18.3 Å². The molecule has 0 unspecified atom stereocenters. The van der Waals surface area contributed by atoms with Gasteiger partial charge in [-0.3, -0.25) is 0 Å². The second-order valence-electron chi connectivity index (χ2n) is 6.47. The zero-order valence-corrected chi connectivity index (χ0v) is 11.5. The van der Waals surface area contributed by atoms with Crippen LogP contribution in [-0.2, 0) is 6.54 Å². The molecule has 0 saturated heterocycles. The molecule has 3 fully saturated rings. The molecule has 0 atom stereocenters. The highest BCUT2D eigenvalue weighted by Crippen LogP contribution is 2.38. The van der Waals surface area contributed by atoms with E-state index in [4.69, 9.17) is 4.98 Å². The minimum Gasteiger partial charge on any atom is -0.353 e. The summed E-state index contributed by atoms with van der Waals surface area (Å²) >= 11 is 0. The number of nitrogens with zero attached hydrogens (tertiary/aromatic N) is 2. The quantitative estimate of drug-likeness (QED) is 0.814. The van der Waals surface area contributed by atoms with Gasteiger partial charge < -0.3 is 10.2 Å². The van der Waals surface area contributed by atoms with Gasteiger partial charge in [-0.25, -0.2) is 4.98 Å². The summed E-state index contributed by atoms with van der Waals surface area (Å²) in [5.74, 6) is 2.19. The van der Waals surface area contributed by atoms with E-state index in [-0.39, 0.29) is 0 Å². The fraction of sp³-hybridized carbons (Fsp3) is 0.688. The summed E-state index contributed by atoms with van der Waals surface area (Å²) in [5, 5.41) is 3.63. The summed E-state index contributed by atoms with van der Waals surface area (Å²) in [4.78, 5) is 7.30. The SMILES string of the molecule is c1cnc(N(CC2CC2)C2CC2)c(CNC2CC2)c1. The van der Waals surface area contributed by atoms with Crippen molar-refractivity contribution in [3.05, 3.63) is 23.9 Å². The number of nitrogens with one attached hydrogen (secondary N) is 1. The first-order valence-electron chi connectivity index (χ1n) is 7.84. The minimum atomic E-state index is 0.769. The van der Waals surface area contributed by atoms with E-state index in [1.807, 2.05) is 6.20 Å². The van der Waals surface area contributed by atoms with Crippen molar-refractivity contribution in [1.82, 2.24) is 10.3 Å². The Labute approximate surface area is 115 Å². The monoisotopic (exact) mass is 257 g/mol. The lowest BCUT2D eigenvalue weighted by molar-refractivity contribution is 0.667. The van der Waals surface area contributed by atoms with Crippen molar-refractivity contribution in [3.63, 3.8) is 0 Å². The van der Waals surface area contributed by atoms with E-state index >= 15 is 0 Å². The van der Waals surface area contributed by atoms with Gasteiger partial charge in [0.05, 0.1) is 0 Å². The van der Waals surface area contributed by atoms with Crippen LogP contribution in [0.1, 0.15) is 44.1 Å². The molecule has 4 rings (SSSR count). The lowest BCUT2D eigenvalue weighted by Gasteiger charge is -2.26. The Morgan fingerprint density at radius 3 is 2.68 bits per heavy atom. The first-order valence-corrected chi connectivity index (χ1v) is 7.84. The van der Waals surface area contributed by atoms with Crippen LogP contribution in [0, 0.1) is 5.92 Å². The molecule has 102 valence electrons. The largest absolute Gasteiger partial charge is 0.353 e. The maximum atomic E-state index is 4.71. The number of pyridine rings is 1. The highest BCUT2D eigenvalue weighted by molar-refractivity contribution is 5.49. The van der Waals surface area contributed by atoms with Gasteiger partial charge in [-0.05, 0) is 50.5 Å². The van der Waals surface area contributed by atoms with Gasteiger partial charge in [0, 0.05) is 36.9 Å². The fourth-order valence-corrected chi connectivity index (χ4v) is 2.74. The van der Waals surface area contributed by atoms with E-state index in [0.717, 1.165) is 24.5 Å². The van der Waals surface area contributed by atoms with Crippen molar-refractivity contribution in [2.24, 2.45) is 5.92 Å². The molecular formula is C16H23N3. The van der Waals surface area contributed by atoms with Gasteiger partial charge >= 0.3 is 0 Å². The second kappa shape index (κ2) is 4.78. The number of aromatic nitrogens is 1. The van der Waals surface area contributed by atoms with Crippen LogP contribution in [0.2, 0.25) is 0 Å². The highest BCUT2D eigenvalue weighted by Gasteiger charge is 2.35. The lowest BCUT2D eigenvalue weighted by Crippen LogP contribution is -2.30. The molecule has 3 saturated carbocycles. The molecule has 0 aliphatic heterocycles. The smallest absolute Gasteiger partial charge is 0.133 e. The van der Waals surface area contributed by atoms with E-state index in [0.29, 0.717) is 0 Å². The Morgan fingerprint density at radius 2 is 2.00 bits per heavy atom. The van der Waals surface area contributed by atoms with E-state index in [1.54, 1.807) is 0 Å². The Kier molecular flexibility index (Phi) is 2.95. The first-order chi connectivity index (χ1) is 9.40. The van der Waals surface area contributed by atoms with Crippen LogP contribution in [0.5, 0.6) is 0 Å². The van der Waals surface area contributed by atoms with Gasteiger partial charge in [0.2, 0.25) is 0 Å². The van der Waals surface area contributed by atoms with Gasteiger partial charge in [0.1, 0.15) is 5.82 Å². The molecule has 3 nitrogen and oxygen atoms in total. The number of anilines is 1. The summed E-state index contributed by atoms with van der Waals surface area (Å²) in [6.45, 7) is 2.22. The summed E-state index contributed by atoms with van der Waals surface area (Å²) in [6.07, 6.45) is 10.2. The third-order valence-corrected chi connectivity index (χ3v) is 4.44. The molecule has 0 bridgehead atoms. The Hall–Kier alpha value is -1.09. The summed E-state index contributed by atoms with van der Waals surface area (Å²) in [7, 11) is 0. The Morgan fingerprint density at radius 1 is 1.16 bits per heavy atom. The average molecular weight is 257 g/mol. The van der Waals surface area contributed by atoms with E-state index in [2.05, 4.69) is 22.3 Å². The van der Waals surface area contributed by atoms with Crippen LogP contribution in [0.3, 0.4) is 0 Å². The third-order valence-electron chi connectivity index (χ3n) is 4.44. The average Bonchev–Trinajstić information content (AvgIpc) is 3.29. The van der Waals surface area contributed by atoms with Crippen molar-refractivity contribution in [1.29, 1.82) is 0 Å². The van der Waals surface area contributed by atoms with E-state index in [9.17, 15) is 0 Å². The maximum Gasteiger partial charge on any atom is 0.133 e. The van der Waals surface area contributed by atoms with Gasteiger partial charge in [-0.1, -0.05) is 6.07 Å². The molecule has 0 amide bonds. The number of rotatable bonds is 7. The topological polar surface area (TPSA) is 28.2 Å². The van der Waals surface area contributed by atoms with Crippen molar-refractivity contribution < 1.29 is 0 Å². The Bertz CT molecular complexity index is 447. The van der Waals surface area contributed by atoms with Gasteiger partial charge in [0.25, 0.3) is 0 Å². The molecule has 1 aromatic rings. The summed E-state index contributed by atoms with van der Waals surface area (Å²) in [6, 6.07) is 5.87. The Balaban J connectivity index is 1.52. The van der Waals surface area contributed by atoms with Gasteiger partial charge in [-0.2, -0.15) is 0 Å². The number of hydrogen-bond donors (Lipinski definition) is 1. The first kappa shape index (κ1) is 11.7. The zero-order valence-electron chi connectivity index (χ0n) is 11.5. The number of hydrogen-bond acceptors (Lipinski definition) is 3. The van der Waals surface area contributed by atoms with Gasteiger partial charge in [0.15, 0.2) is 0 Å². The molecule has 1 heterocycles. The molecule has 1 N–H and O–H groups in total. The fourth-order valence-electron chi connectivity index (χ4n) is 2.74. The predicted octanol–water partition coefficient (Wildman–Crippen LogP) is 2.71. The van der Waals surface area contributed by atoms with Crippen molar-refractivity contribution in [3.8, 4) is 0 Å². The third kappa shape index (κ3) is 2.92. The normalized spacial score (nSPS) is 22.5.